The average molecular weight is 354 g/mol. The van der Waals surface area contributed by atoms with Gasteiger partial charge in [-0.05, 0) is 31.7 Å². The molecule has 0 unspecified atom stereocenters. The fourth-order valence-corrected chi connectivity index (χ4v) is 5.02. The fraction of sp³-hybridized carbons (Fsp3) is 0.632. The maximum absolute atomic E-state index is 5.41. The van der Waals surface area contributed by atoms with Crippen LogP contribution in [0, 0.1) is 5.41 Å². The lowest BCUT2D eigenvalue weighted by Crippen LogP contribution is -2.37. The van der Waals surface area contributed by atoms with Crippen LogP contribution in [0.15, 0.2) is 18.3 Å². The Hall–Kier alpha value is -2.15. The summed E-state index contributed by atoms with van der Waals surface area (Å²) >= 11 is 0. The molecule has 0 radical (unpaired) electrons. The molecule has 26 heavy (non-hydrogen) atoms. The molecule has 7 nitrogen and oxygen atoms in total. The number of nitrogens with zero attached hydrogens (tertiary/aromatic N) is 4. The van der Waals surface area contributed by atoms with Gasteiger partial charge in [0.2, 0.25) is 5.95 Å². The highest BCUT2D eigenvalue weighted by molar-refractivity contribution is 5.54. The van der Waals surface area contributed by atoms with Crippen molar-refractivity contribution >= 4 is 17.6 Å². The largest absolute Gasteiger partial charge is 0.384 e. The molecule has 2 saturated heterocycles. The van der Waals surface area contributed by atoms with E-state index in [0.717, 1.165) is 30.7 Å². The minimum Gasteiger partial charge on any atom is -0.384 e. The Labute approximate surface area is 153 Å². The Morgan fingerprint density at radius 1 is 1.31 bits per heavy atom. The summed E-state index contributed by atoms with van der Waals surface area (Å²) < 4.78 is 5.41. The van der Waals surface area contributed by atoms with Gasteiger partial charge in [-0.25, -0.2) is 4.98 Å². The highest BCUT2D eigenvalue weighted by Gasteiger charge is 2.55. The van der Waals surface area contributed by atoms with Crippen LogP contribution in [0.3, 0.4) is 0 Å². The number of aromatic amines is 1. The molecule has 0 aromatic carbocycles. The number of nitrogens with one attached hydrogen (secondary N) is 2. The van der Waals surface area contributed by atoms with E-state index in [-0.39, 0.29) is 0 Å². The zero-order chi connectivity index (χ0) is 17.6. The molecule has 7 heteroatoms. The van der Waals surface area contributed by atoms with Crippen molar-refractivity contribution in [1.29, 1.82) is 0 Å². The number of anilines is 3. The zero-order valence-electron chi connectivity index (χ0n) is 15.2. The molecule has 6 rings (SSSR count). The second-order valence-corrected chi connectivity index (χ2v) is 8.18. The van der Waals surface area contributed by atoms with E-state index in [0.29, 0.717) is 17.4 Å². The van der Waals surface area contributed by atoms with Gasteiger partial charge in [0.05, 0.1) is 6.61 Å². The normalized spacial score (nSPS) is 27.7. The van der Waals surface area contributed by atoms with Gasteiger partial charge in [-0.1, -0.05) is 12.8 Å². The highest BCUT2D eigenvalue weighted by Crippen LogP contribution is 2.52. The molecular formula is C19H26N6O. The Bertz CT molecular complexity index is 778. The molecule has 2 N–H and O–H groups in total. The van der Waals surface area contributed by atoms with Crippen molar-refractivity contribution in [1.82, 2.24) is 20.2 Å². The van der Waals surface area contributed by atoms with Crippen LogP contribution in [0.1, 0.15) is 50.1 Å². The van der Waals surface area contributed by atoms with Gasteiger partial charge in [-0.3, -0.25) is 5.10 Å². The number of H-pyrrole nitrogens is 1. The van der Waals surface area contributed by atoms with E-state index < -0.39 is 0 Å². The number of aromatic nitrogens is 4. The third-order valence-electron chi connectivity index (χ3n) is 6.28. The second kappa shape index (κ2) is 6.23. The highest BCUT2D eigenvalue weighted by atomic mass is 16.5. The number of hydrogen-bond acceptors (Lipinski definition) is 6. The maximum Gasteiger partial charge on any atom is 0.227 e. The van der Waals surface area contributed by atoms with E-state index in [2.05, 4.69) is 31.5 Å². The lowest BCUT2D eigenvalue weighted by atomic mass is 9.71. The number of rotatable bonds is 6. The first kappa shape index (κ1) is 16.1. The molecule has 0 amide bonds. The molecule has 0 atom stereocenters. The van der Waals surface area contributed by atoms with Crippen LogP contribution in [0.25, 0.3) is 0 Å². The molecule has 2 aromatic rings. The van der Waals surface area contributed by atoms with Crippen LogP contribution >= 0.6 is 0 Å². The number of ether oxygens (including phenoxy) is 1. The lowest BCUT2D eigenvalue weighted by Gasteiger charge is -2.35. The van der Waals surface area contributed by atoms with Crippen LogP contribution in [0.2, 0.25) is 0 Å². The SMILES string of the molecule is COCC12CC(C1)N(c1nccc(Nc3cc(C4CCCC4)[nH]n3)n1)C2. The van der Waals surface area contributed by atoms with E-state index in [4.69, 9.17) is 9.72 Å². The minimum absolute atomic E-state index is 0.310. The molecule has 0 spiro atoms. The smallest absolute Gasteiger partial charge is 0.227 e. The summed E-state index contributed by atoms with van der Waals surface area (Å²) in [5.41, 5.74) is 1.55. The molecule has 2 aliphatic heterocycles. The van der Waals surface area contributed by atoms with Gasteiger partial charge < -0.3 is 15.0 Å². The molecule has 2 saturated carbocycles. The summed E-state index contributed by atoms with van der Waals surface area (Å²) in [7, 11) is 1.79. The standard InChI is InChI=1S/C19H26N6O/c1-26-12-19-9-14(10-19)25(11-19)18-20-7-6-16(22-18)21-17-8-15(23-24-17)13-4-2-3-5-13/h6-8,13-14H,2-5,9-12H2,1H3,(H2,20,21,22,23,24). The summed E-state index contributed by atoms with van der Waals surface area (Å²) in [5, 5.41) is 10.9. The third-order valence-corrected chi connectivity index (χ3v) is 6.28. The zero-order valence-corrected chi connectivity index (χ0v) is 15.2. The summed E-state index contributed by atoms with van der Waals surface area (Å²) in [6.45, 7) is 1.82. The first-order chi connectivity index (χ1) is 12.7. The minimum atomic E-state index is 0.310. The Morgan fingerprint density at radius 2 is 2.15 bits per heavy atom. The second-order valence-electron chi connectivity index (χ2n) is 8.18. The van der Waals surface area contributed by atoms with Crippen molar-refractivity contribution < 1.29 is 4.74 Å². The van der Waals surface area contributed by atoms with Gasteiger partial charge in [0, 0.05) is 49.0 Å². The van der Waals surface area contributed by atoms with Crippen LogP contribution in [0.5, 0.6) is 0 Å². The quantitative estimate of drug-likeness (QED) is 0.829. The van der Waals surface area contributed by atoms with Gasteiger partial charge in [0.25, 0.3) is 0 Å². The Morgan fingerprint density at radius 3 is 2.96 bits per heavy atom. The fourth-order valence-electron chi connectivity index (χ4n) is 5.02. The first-order valence-electron chi connectivity index (χ1n) is 9.66. The topological polar surface area (TPSA) is 79.0 Å². The molecular weight excluding hydrogens is 328 g/mol. The van der Waals surface area contributed by atoms with Crippen molar-refractivity contribution in [3.63, 3.8) is 0 Å². The number of methoxy groups -OCH3 is 1. The Balaban J connectivity index is 1.29. The van der Waals surface area contributed by atoms with E-state index >= 15 is 0 Å². The summed E-state index contributed by atoms with van der Waals surface area (Å²) in [5.74, 6) is 3.07. The first-order valence-corrected chi connectivity index (χ1v) is 9.66. The van der Waals surface area contributed by atoms with Crippen LogP contribution in [0.4, 0.5) is 17.6 Å². The predicted octanol–water partition coefficient (Wildman–Crippen LogP) is 3.22. The van der Waals surface area contributed by atoms with Gasteiger partial charge in [0.1, 0.15) is 5.82 Å². The van der Waals surface area contributed by atoms with E-state index in [9.17, 15) is 0 Å². The monoisotopic (exact) mass is 354 g/mol. The van der Waals surface area contributed by atoms with Crippen molar-refractivity contribution in [2.45, 2.75) is 50.5 Å². The molecule has 2 aromatic heterocycles. The van der Waals surface area contributed by atoms with Crippen LogP contribution in [-0.2, 0) is 4.74 Å². The van der Waals surface area contributed by atoms with E-state index in [1.165, 1.54) is 44.2 Å². The summed E-state index contributed by atoms with van der Waals surface area (Å²) in [6.07, 6.45) is 9.37. The van der Waals surface area contributed by atoms with E-state index in [1.54, 1.807) is 7.11 Å². The van der Waals surface area contributed by atoms with Crippen molar-refractivity contribution in [3.8, 4) is 0 Å². The third kappa shape index (κ3) is 2.74. The molecule has 2 bridgehead atoms. The van der Waals surface area contributed by atoms with E-state index in [1.807, 2.05) is 12.3 Å². The maximum atomic E-state index is 5.41. The molecule has 2 aliphatic carbocycles. The van der Waals surface area contributed by atoms with Crippen LogP contribution in [-0.4, -0.2) is 46.5 Å². The average Bonchev–Trinajstić information content (AvgIpc) is 3.38. The predicted molar refractivity (Wildman–Crippen MR) is 99.8 cm³/mol. The van der Waals surface area contributed by atoms with Gasteiger partial charge >= 0.3 is 0 Å². The summed E-state index contributed by atoms with van der Waals surface area (Å²) in [4.78, 5) is 11.6. The number of fused-ring (bicyclic) bond motifs is 1. The molecule has 4 aliphatic rings. The van der Waals surface area contributed by atoms with Gasteiger partial charge in [-0.2, -0.15) is 10.1 Å². The Kier molecular flexibility index (Phi) is 3.85. The van der Waals surface area contributed by atoms with Gasteiger partial charge in [0.15, 0.2) is 5.82 Å². The van der Waals surface area contributed by atoms with Crippen molar-refractivity contribution in [3.05, 3.63) is 24.0 Å². The van der Waals surface area contributed by atoms with Gasteiger partial charge in [-0.15, -0.1) is 0 Å². The number of hydrogen-bond donors (Lipinski definition) is 2. The van der Waals surface area contributed by atoms with Crippen molar-refractivity contribution in [2.75, 3.05) is 30.5 Å². The van der Waals surface area contributed by atoms with Crippen molar-refractivity contribution in [2.24, 2.45) is 5.41 Å². The molecule has 4 fully saturated rings. The molecule has 4 heterocycles. The molecule has 138 valence electrons. The summed E-state index contributed by atoms with van der Waals surface area (Å²) in [6, 6.07) is 4.58. The lowest BCUT2D eigenvalue weighted by molar-refractivity contribution is 0.0521. The van der Waals surface area contributed by atoms with Crippen LogP contribution < -0.4 is 10.2 Å².